The van der Waals surface area contributed by atoms with Gasteiger partial charge in [0.25, 0.3) is 0 Å². The minimum atomic E-state index is -0.590. The first kappa shape index (κ1) is 13.6. The van der Waals surface area contributed by atoms with E-state index >= 15 is 0 Å². The third kappa shape index (κ3) is 1.79. The number of fused-ring (bicyclic) bond motifs is 1. The first-order valence-electron chi connectivity index (χ1n) is 7.45. The van der Waals surface area contributed by atoms with Crippen LogP contribution in [-0.4, -0.2) is 48.2 Å². The lowest BCUT2D eigenvalue weighted by Crippen LogP contribution is -2.40. The Morgan fingerprint density at radius 2 is 2.35 bits per heavy atom. The highest BCUT2D eigenvalue weighted by Gasteiger charge is 2.67. The van der Waals surface area contributed by atoms with E-state index in [1.54, 1.807) is 6.92 Å². The molecular weight excluding hydrogens is 258 g/mol. The van der Waals surface area contributed by atoms with Gasteiger partial charge in [-0.15, -0.1) is 0 Å². The average Bonchev–Trinajstić information content (AvgIpc) is 3.05. The summed E-state index contributed by atoms with van der Waals surface area (Å²) in [7, 11) is 0. The number of carbonyl (C=O) groups is 2. The number of likely N-dealkylation sites (tertiary alicyclic amines) is 1. The zero-order valence-corrected chi connectivity index (χ0v) is 12.0. The molecule has 2 saturated heterocycles. The van der Waals surface area contributed by atoms with Crippen molar-refractivity contribution in [3.8, 4) is 0 Å². The van der Waals surface area contributed by atoms with Crippen LogP contribution in [0.15, 0.2) is 12.2 Å². The van der Waals surface area contributed by atoms with Gasteiger partial charge in [-0.1, -0.05) is 25.5 Å². The van der Waals surface area contributed by atoms with E-state index in [2.05, 4.69) is 6.92 Å². The van der Waals surface area contributed by atoms with Crippen molar-refractivity contribution in [1.29, 1.82) is 0 Å². The second kappa shape index (κ2) is 4.88. The molecule has 0 aromatic carbocycles. The number of carbonyl (C=O) groups excluding carboxylic acids is 2. The van der Waals surface area contributed by atoms with Gasteiger partial charge in [0, 0.05) is 6.54 Å². The maximum Gasteiger partial charge on any atom is 0.312 e. The van der Waals surface area contributed by atoms with E-state index in [1.807, 2.05) is 17.1 Å². The van der Waals surface area contributed by atoms with E-state index in [0.29, 0.717) is 13.2 Å². The Labute approximate surface area is 118 Å². The molecule has 3 rings (SSSR count). The highest BCUT2D eigenvalue weighted by molar-refractivity contribution is 5.91. The first-order chi connectivity index (χ1) is 9.63. The fourth-order valence-corrected chi connectivity index (χ4v) is 3.62. The van der Waals surface area contributed by atoms with Crippen molar-refractivity contribution in [1.82, 2.24) is 4.90 Å². The largest absolute Gasteiger partial charge is 0.466 e. The minimum absolute atomic E-state index is 0.0448. The Bertz CT molecular complexity index is 461. The third-order valence-electron chi connectivity index (χ3n) is 4.52. The molecule has 0 N–H and O–H groups in total. The molecule has 1 amide bonds. The van der Waals surface area contributed by atoms with Gasteiger partial charge >= 0.3 is 5.97 Å². The summed E-state index contributed by atoms with van der Waals surface area (Å²) in [5.41, 5.74) is -0.590. The van der Waals surface area contributed by atoms with E-state index in [1.165, 1.54) is 0 Å². The van der Waals surface area contributed by atoms with Gasteiger partial charge in [-0.2, -0.15) is 0 Å². The van der Waals surface area contributed by atoms with Gasteiger partial charge in [0.1, 0.15) is 11.5 Å². The van der Waals surface area contributed by atoms with Gasteiger partial charge in [-0.05, 0) is 13.3 Å². The lowest BCUT2D eigenvalue weighted by atomic mass is 9.77. The number of hydrogen-bond donors (Lipinski definition) is 0. The van der Waals surface area contributed by atoms with E-state index in [4.69, 9.17) is 9.47 Å². The van der Waals surface area contributed by atoms with Gasteiger partial charge in [0.05, 0.1) is 25.2 Å². The van der Waals surface area contributed by atoms with Crippen LogP contribution in [0.25, 0.3) is 0 Å². The third-order valence-corrected chi connectivity index (χ3v) is 4.52. The molecule has 1 spiro atoms. The van der Waals surface area contributed by atoms with Gasteiger partial charge in [-0.25, -0.2) is 0 Å². The zero-order chi connectivity index (χ0) is 14.3. The number of hydrogen-bond acceptors (Lipinski definition) is 4. The summed E-state index contributed by atoms with van der Waals surface area (Å²) in [5, 5.41) is 0. The Morgan fingerprint density at radius 1 is 1.55 bits per heavy atom. The van der Waals surface area contributed by atoms with Crippen LogP contribution in [0.1, 0.15) is 26.7 Å². The molecule has 3 aliphatic heterocycles. The predicted molar refractivity (Wildman–Crippen MR) is 71.8 cm³/mol. The highest BCUT2D eigenvalue weighted by atomic mass is 16.6. The van der Waals surface area contributed by atoms with E-state index in [-0.39, 0.29) is 18.0 Å². The predicted octanol–water partition coefficient (Wildman–Crippen LogP) is 1.13. The Hall–Kier alpha value is -1.36. The van der Waals surface area contributed by atoms with Crippen LogP contribution < -0.4 is 0 Å². The molecule has 0 saturated carbocycles. The van der Waals surface area contributed by atoms with Crippen molar-refractivity contribution in [2.24, 2.45) is 11.8 Å². The quantitative estimate of drug-likeness (QED) is 0.559. The lowest BCUT2D eigenvalue weighted by molar-refractivity contribution is -0.153. The normalized spacial score (nSPS) is 37.6. The molecule has 4 atom stereocenters. The molecule has 20 heavy (non-hydrogen) atoms. The van der Waals surface area contributed by atoms with E-state index in [0.717, 1.165) is 19.4 Å². The molecule has 5 nitrogen and oxygen atoms in total. The smallest absolute Gasteiger partial charge is 0.312 e. The van der Waals surface area contributed by atoms with Gasteiger partial charge in [0.2, 0.25) is 5.91 Å². The van der Waals surface area contributed by atoms with Gasteiger partial charge < -0.3 is 14.4 Å². The molecule has 5 heteroatoms. The molecule has 0 aromatic heterocycles. The van der Waals surface area contributed by atoms with Gasteiger partial charge in [0.15, 0.2) is 0 Å². The Kier molecular flexibility index (Phi) is 3.32. The Balaban J connectivity index is 1.83. The fraction of sp³-hybridized carbons (Fsp3) is 0.733. The van der Waals surface area contributed by atoms with Crippen LogP contribution in [0, 0.1) is 11.8 Å². The minimum Gasteiger partial charge on any atom is -0.466 e. The van der Waals surface area contributed by atoms with Crippen LogP contribution in [0.2, 0.25) is 0 Å². The molecule has 110 valence electrons. The molecule has 3 heterocycles. The average molecular weight is 279 g/mol. The number of unbranched alkanes of at least 4 members (excludes halogenated alkanes) is 1. The molecule has 0 radical (unpaired) electrons. The van der Waals surface area contributed by atoms with Gasteiger partial charge in [-0.3, -0.25) is 9.59 Å². The SMILES string of the molecule is CCCCN1C[C@@]23C=C[C@H](O2)[C@@H](C(=O)OCC)[C@H]3C1=O. The molecule has 0 unspecified atom stereocenters. The standard InChI is InChI=1S/C15H21NO4/c1-3-5-8-16-9-15-7-6-10(20-15)11(12(15)13(16)17)14(18)19-4-2/h6-7,10-12H,3-5,8-9H2,1-2H3/t10-,11+,12-,15+/m0/s1. The molecule has 2 bridgehead atoms. The number of nitrogens with zero attached hydrogens (tertiary/aromatic N) is 1. The first-order valence-corrected chi connectivity index (χ1v) is 7.45. The summed E-state index contributed by atoms with van der Waals surface area (Å²) in [4.78, 5) is 26.6. The van der Waals surface area contributed by atoms with Crippen LogP contribution >= 0.6 is 0 Å². The Morgan fingerprint density at radius 3 is 3.05 bits per heavy atom. The van der Waals surface area contributed by atoms with Crippen LogP contribution in [0.5, 0.6) is 0 Å². The van der Waals surface area contributed by atoms with E-state index in [9.17, 15) is 9.59 Å². The maximum absolute atomic E-state index is 12.6. The summed E-state index contributed by atoms with van der Waals surface area (Å²) >= 11 is 0. The van der Waals surface area contributed by atoms with Crippen molar-refractivity contribution in [3.63, 3.8) is 0 Å². The van der Waals surface area contributed by atoms with Crippen molar-refractivity contribution in [2.75, 3.05) is 19.7 Å². The second-order valence-corrected chi connectivity index (χ2v) is 5.77. The highest BCUT2D eigenvalue weighted by Crippen LogP contribution is 2.52. The van der Waals surface area contributed by atoms with Crippen molar-refractivity contribution in [2.45, 2.75) is 38.4 Å². The molecule has 0 aromatic rings. The number of amides is 1. The van der Waals surface area contributed by atoms with Crippen molar-refractivity contribution >= 4 is 11.9 Å². The topological polar surface area (TPSA) is 55.8 Å². The number of esters is 1. The van der Waals surface area contributed by atoms with Crippen molar-refractivity contribution < 1.29 is 19.1 Å². The molecule has 2 fully saturated rings. The van der Waals surface area contributed by atoms with Crippen LogP contribution in [0.3, 0.4) is 0 Å². The zero-order valence-electron chi connectivity index (χ0n) is 12.0. The second-order valence-electron chi connectivity index (χ2n) is 5.77. The van der Waals surface area contributed by atoms with Crippen LogP contribution in [-0.2, 0) is 19.1 Å². The summed E-state index contributed by atoms with van der Waals surface area (Å²) in [6.45, 7) is 5.52. The molecule has 0 aliphatic carbocycles. The van der Waals surface area contributed by atoms with Crippen molar-refractivity contribution in [3.05, 3.63) is 12.2 Å². The van der Waals surface area contributed by atoms with E-state index < -0.39 is 17.4 Å². The number of rotatable bonds is 5. The lowest BCUT2D eigenvalue weighted by Gasteiger charge is -2.22. The summed E-state index contributed by atoms with van der Waals surface area (Å²) in [6.07, 6.45) is 5.61. The summed E-state index contributed by atoms with van der Waals surface area (Å²) in [6, 6.07) is 0. The summed E-state index contributed by atoms with van der Waals surface area (Å²) in [5.74, 6) is -1.13. The molecular formula is C15H21NO4. The monoisotopic (exact) mass is 279 g/mol. The summed E-state index contributed by atoms with van der Waals surface area (Å²) < 4.78 is 11.1. The fourth-order valence-electron chi connectivity index (χ4n) is 3.62. The van der Waals surface area contributed by atoms with Crippen LogP contribution in [0.4, 0.5) is 0 Å². The molecule has 3 aliphatic rings. The number of ether oxygens (including phenoxy) is 2. The maximum atomic E-state index is 12.6.